The normalized spacial score (nSPS) is 18.5. The van der Waals surface area contributed by atoms with Gasteiger partial charge >= 0.3 is 0 Å². The van der Waals surface area contributed by atoms with E-state index in [9.17, 15) is 4.79 Å². The molecule has 0 amide bonds. The molecular weight excluding hydrogens is 468 g/mol. The van der Waals surface area contributed by atoms with Crippen molar-refractivity contribution in [2.24, 2.45) is 0 Å². The Balaban J connectivity index is 1.57. The topological polar surface area (TPSA) is 78.1 Å². The summed E-state index contributed by atoms with van der Waals surface area (Å²) in [5.74, 6) is 2.57. The Kier molecular flexibility index (Phi) is 6.95. The Morgan fingerprint density at radius 3 is 2.14 bits per heavy atom. The van der Waals surface area contributed by atoms with Crippen LogP contribution in [-0.4, -0.2) is 33.7 Å². The minimum Gasteiger partial charge on any atom is -0.494 e. The predicted octanol–water partition coefficient (Wildman–Crippen LogP) is 6.09. The third-order valence-corrected chi connectivity index (χ3v) is 6.99. The summed E-state index contributed by atoms with van der Waals surface area (Å²) in [4.78, 5) is 13.9. The van der Waals surface area contributed by atoms with Crippen molar-refractivity contribution in [2.75, 3.05) is 38.6 Å². The molecule has 2 aliphatic rings. The van der Waals surface area contributed by atoms with E-state index in [1.54, 1.807) is 21.3 Å². The Morgan fingerprint density at radius 2 is 1.51 bits per heavy atom. The quantitative estimate of drug-likeness (QED) is 0.406. The maximum absolute atomic E-state index is 13.9. The van der Waals surface area contributed by atoms with Crippen LogP contribution < -0.4 is 29.6 Å². The molecule has 0 spiro atoms. The fraction of sp³-hybridized carbons (Fsp3) is 0.300. The number of ether oxygens (including phenoxy) is 4. The van der Waals surface area contributed by atoms with Crippen molar-refractivity contribution in [3.05, 3.63) is 83.1 Å². The van der Waals surface area contributed by atoms with Gasteiger partial charge in [-0.25, -0.2) is 0 Å². The van der Waals surface area contributed by atoms with Crippen molar-refractivity contribution >= 4 is 17.2 Å². The van der Waals surface area contributed by atoms with Gasteiger partial charge in [0, 0.05) is 17.7 Å². The van der Waals surface area contributed by atoms with Crippen LogP contribution in [0.1, 0.15) is 42.9 Å². The smallest absolute Gasteiger partial charge is 0.203 e. The molecule has 2 atom stereocenters. The van der Waals surface area contributed by atoms with Gasteiger partial charge in [0.1, 0.15) is 5.75 Å². The summed E-state index contributed by atoms with van der Waals surface area (Å²) in [5.41, 5.74) is 5.57. The van der Waals surface area contributed by atoms with E-state index >= 15 is 0 Å². The van der Waals surface area contributed by atoms with Gasteiger partial charge in [-0.1, -0.05) is 24.3 Å². The van der Waals surface area contributed by atoms with Gasteiger partial charge < -0.3 is 29.6 Å². The van der Waals surface area contributed by atoms with E-state index < -0.39 is 0 Å². The van der Waals surface area contributed by atoms with Crippen LogP contribution in [0.5, 0.6) is 23.0 Å². The van der Waals surface area contributed by atoms with E-state index in [1.807, 2.05) is 67.6 Å². The lowest BCUT2D eigenvalue weighted by Crippen LogP contribution is -2.27. The maximum atomic E-state index is 13.9. The average Bonchev–Trinajstić information content (AvgIpc) is 3.09. The van der Waals surface area contributed by atoms with Gasteiger partial charge in [0.25, 0.3) is 0 Å². The molecule has 7 heteroatoms. The number of nitrogens with one attached hydrogen (secondary N) is 2. The molecule has 0 saturated carbocycles. The minimum absolute atomic E-state index is 0.0429. The summed E-state index contributed by atoms with van der Waals surface area (Å²) in [6.45, 7) is 2.57. The van der Waals surface area contributed by atoms with Gasteiger partial charge in [-0.05, 0) is 66.8 Å². The number of carbonyl (C=O) groups excluding carboxylic acids is 1. The summed E-state index contributed by atoms with van der Waals surface area (Å²) in [6, 6.07) is 19.6. The first kappa shape index (κ1) is 24.6. The zero-order chi connectivity index (χ0) is 25.9. The number of ketones is 1. The molecule has 7 nitrogen and oxygen atoms in total. The molecule has 0 unspecified atom stereocenters. The lowest BCUT2D eigenvalue weighted by atomic mass is 9.78. The van der Waals surface area contributed by atoms with Crippen molar-refractivity contribution in [1.29, 1.82) is 0 Å². The Bertz CT molecular complexity index is 1310. The Labute approximate surface area is 217 Å². The predicted molar refractivity (Wildman–Crippen MR) is 144 cm³/mol. The Morgan fingerprint density at radius 1 is 0.838 bits per heavy atom. The van der Waals surface area contributed by atoms with E-state index in [0.717, 1.165) is 39.5 Å². The highest BCUT2D eigenvalue weighted by atomic mass is 16.5. The molecule has 1 heterocycles. The molecule has 0 saturated heterocycles. The van der Waals surface area contributed by atoms with E-state index in [2.05, 4.69) is 10.6 Å². The molecule has 3 aromatic rings. The molecule has 0 radical (unpaired) electrons. The SMILES string of the molecule is CCOc1ccc([C@@H]2Nc3ccccc3NC3=C2C(=O)C[C@H](c2cc(OC)c(OC)c(OC)c2)C3)cc1. The van der Waals surface area contributed by atoms with Gasteiger partial charge in [0.15, 0.2) is 17.3 Å². The van der Waals surface area contributed by atoms with Gasteiger partial charge in [0.2, 0.25) is 5.75 Å². The first-order valence-electron chi connectivity index (χ1n) is 12.5. The van der Waals surface area contributed by atoms with Crippen molar-refractivity contribution in [3.8, 4) is 23.0 Å². The summed E-state index contributed by atoms with van der Waals surface area (Å²) in [7, 11) is 4.79. The molecule has 2 N–H and O–H groups in total. The van der Waals surface area contributed by atoms with Gasteiger partial charge in [-0.3, -0.25) is 4.79 Å². The lowest BCUT2D eigenvalue weighted by Gasteiger charge is -2.30. The number of para-hydroxylation sites is 2. The number of anilines is 2. The largest absolute Gasteiger partial charge is 0.494 e. The summed E-state index contributed by atoms with van der Waals surface area (Å²) in [5, 5.41) is 7.21. The van der Waals surface area contributed by atoms with Crippen molar-refractivity contribution in [3.63, 3.8) is 0 Å². The second kappa shape index (κ2) is 10.5. The van der Waals surface area contributed by atoms with E-state index in [4.69, 9.17) is 18.9 Å². The number of rotatable bonds is 7. The summed E-state index contributed by atoms with van der Waals surface area (Å²) < 4.78 is 22.3. The zero-order valence-electron chi connectivity index (χ0n) is 21.6. The second-order valence-electron chi connectivity index (χ2n) is 9.13. The number of fused-ring (bicyclic) bond motifs is 1. The fourth-order valence-corrected chi connectivity index (χ4v) is 5.24. The van der Waals surface area contributed by atoms with E-state index in [-0.39, 0.29) is 17.7 Å². The standard InChI is InChI=1S/C30H32N2O5/c1-5-37-21-12-10-18(11-13-21)29-28-24(31-22-8-6-7-9-23(22)32-29)14-19(15-25(28)33)20-16-26(34-2)30(36-4)27(17-20)35-3/h6-13,16-17,19,29,31-32H,5,14-15H2,1-4H3/t19-,29+/m1/s1. The number of hydrogen-bond donors (Lipinski definition) is 2. The van der Waals surface area contributed by atoms with Gasteiger partial charge in [0.05, 0.1) is 45.4 Å². The zero-order valence-corrected chi connectivity index (χ0v) is 21.6. The lowest BCUT2D eigenvalue weighted by molar-refractivity contribution is -0.116. The first-order chi connectivity index (χ1) is 18.1. The van der Waals surface area contributed by atoms with Crippen LogP contribution in [0.25, 0.3) is 0 Å². The molecule has 0 aromatic heterocycles. The minimum atomic E-state index is -0.282. The molecule has 0 fully saturated rings. The second-order valence-corrected chi connectivity index (χ2v) is 9.13. The average molecular weight is 501 g/mol. The van der Waals surface area contributed by atoms with Crippen LogP contribution in [0.3, 0.4) is 0 Å². The molecule has 37 heavy (non-hydrogen) atoms. The number of benzene rings is 3. The molecular formula is C30H32N2O5. The van der Waals surface area contributed by atoms with E-state index in [0.29, 0.717) is 36.7 Å². The molecule has 3 aromatic carbocycles. The molecule has 5 rings (SSSR count). The number of carbonyl (C=O) groups is 1. The van der Waals surface area contributed by atoms with Crippen LogP contribution in [0.4, 0.5) is 11.4 Å². The highest BCUT2D eigenvalue weighted by Crippen LogP contribution is 2.47. The molecule has 1 aliphatic carbocycles. The van der Waals surface area contributed by atoms with Crippen LogP contribution in [0.15, 0.2) is 71.9 Å². The third kappa shape index (κ3) is 4.69. The first-order valence-corrected chi connectivity index (χ1v) is 12.5. The van der Waals surface area contributed by atoms with Crippen molar-refractivity contribution in [2.45, 2.75) is 31.7 Å². The highest BCUT2D eigenvalue weighted by molar-refractivity contribution is 6.01. The summed E-state index contributed by atoms with van der Waals surface area (Å²) in [6.07, 6.45) is 1.05. The van der Waals surface area contributed by atoms with Gasteiger partial charge in [-0.2, -0.15) is 0 Å². The fourth-order valence-electron chi connectivity index (χ4n) is 5.24. The van der Waals surface area contributed by atoms with Crippen LogP contribution in [0.2, 0.25) is 0 Å². The monoisotopic (exact) mass is 500 g/mol. The Hall–Kier alpha value is -4.13. The number of Topliss-reactive ketones (excluding diaryl/α,β-unsaturated/α-hetero) is 1. The van der Waals surface area contributed by atoms with Gasteiger partial charge in [-0.15, -0.1) is 0 Å². The molecule has 0 bridgehead atoms. The summed E-state index contributed by atoms with van der Waals surface area (Å²) >= 11 is 0. The van der Waals surface area contributed by atoms with Crippen LogP contribution in [-0.2, 0) is 4.79 Å². The molecule has 192 valence electrons. The highest BCUT2D eigenvalue weighted by Gasteiger charge is 2.36. The third-order valence-electron chi connectivity index (χ3n) is 6.99. The number of allylic oxidation sites excluding steroid dienone is 1. The number of methoxy groups -OCH3 is 3. The van der Waals surface area contributed by atoms with Crippen LogP contribution in [0, 0.1) is 0 Å². The van der Waals surface area contributed by atoms with E-state index in [1.165, 1.54) is 0 Å². The maximum Gasteiger partial charge on any atom is 0.203 e. The van der Waals surface area contributed by atoms with Crippen molar-refractivity contribution < 1.29 is 23.7 Å². The van der Waals surface area contributed by atoms with Crippen molar-refractivity contribution in [1.82, 2.24) is 0 Å². The van der Waals surface area contributed by atoms with Crippen LogP contribution >= 0.6 is 0 Å². The molecule has 1 aliphatic heterocycles. The number of hydrogen-bond acceptors (Lipinski definition) is 7.